The fourth-order valence-electron chi connectivity index (χ4n) is 5.43. The molecular formula is C24H24ClF2N5O2. The van der Waals surface area contributed by atoms with Crippen molar-refractivity contribution in [3.63, 3.8) is 0 Å². The van der Waals surface area contributed by atoms with Crippen LogP contribution in [0.2, 0.25) is 5.02 Å². The highest BCUT2D eigenvalue weighted by atomic mass is 35.5. The molecular weight excluding hydrogens is 464 g/mol. The number of nitrogens with zero attached hydrogens (tertiary/aromatic N) is 4. The van der Waals surface area contributed by atoms with Crippen molar-refractivity contribution in [3.8, 4) is 5.75 Å². The Morgan fingerprint density at radius 2 is 2.09 bits per heavy atom. The lowest BCUT2D eigenvalue weighted by Crippen LogP contribution is -2.51. The number of benzene rings is 1. The summed E-state index contributed by atoms with van der Waals surface area (Å²) in [7, 11) is 0. The minimum absolute atomic E-state index is 0.0781. The van der Waals surface area contributed by atoms with Gasteiger partial charge in [0.25, 0.3) is 5.91 Å². The first kappa shape index (κ1) is 21.7. The van der Waals surface area contributed by atoms with E-state index >= 15 is 0 Å². The number of piperidine rings is 1. The van der Waals surface area contributed by atoms with Gasteiger partial charge in [-0.15, -0.1) is 0 Å². The van der Waals surface area contributed by atoms with Crippen LogP contribution in [0.15, 0.2) is 18.2 Å². The second-order valence-corrected chi connectivity index (χ2v) is 9.82. The van der Waals surface area contributed by atoms with Crippen LogP contribution in [-0.4, -0.2) is 49.8 Å². The maximum Gasteiger partial charge on any atom is 0.258 e. The number of rotatable bonds is 3. The molecule has 10 heteroatoms. The Labute approximate surface area is 200 Å². The maximum atomic E-state index is 14.9. The highest BCUT2D eigenvalue weighted by molar-refractivity contribution is 6.31. The summed E-state index contributed by atoms with van der Waals surface area (Å²) in [5, 5.41) is 8.43. The fraction of sp³-hybridized carbons (Fsp3) is 0.458. The molecule has 0 radical (unpaired) electrons. The molecule has 1 amide bonds. The Morgan fingerprint density at radius 1 is 1.26 bits per heavy atom. The monoisotopic (exact) mass is 487 g/mol. The molecule has 0 spiro atoms. The summed E-state index contributed by atoms with van der Waals surface area (Å²) in [5.74, 6) is -0.775. The average molecular weight is 488 g/mol. The Bertz CT molecular complexity index is 1330. The minimum Gasteiger partial charge on any atom is -0.486 e. The summed E-state index contributed by atoms with van der Waals surface area (Å²) >= 11 is 6.32. The first-order valence-corrected chi connectivity index (χ1v) is 11.9. The molecule has 3 aromatic rings. The van der Waals surface area contributed by atoms with Gasteiger partial charge in [-0.2, -0.15) is 5.10 Å². The Morgan fingerprint density at radius 3 is 2.91 bits per heavy atom. The van der Waals surface area contributed by atoms with Crippen LogP contribution in [0.1, 0.15) is 52.3 Å². The van der Waals surface area contributed by atoms with Crippen LogP contribution < -0.4 is 10.1 Å². The molecule has 2 bridgehead atoms. The lowest BCUT2D eigenvalue weighted by atomic mass is 10.00. The Hall–Kier alpha value is -2.78. The van der Waals surface area contributed by atoms with E-state index in [1.165, 1.54) is 18.2 Å². The van der Waals surface area contributed by atoms with E-state index in [9.17, 15) is 13.6 Å². The first-order valence-electron chi connectivity index (χ1n) is 11.5. The van der Waals surface area contributed by atoms with Gasteiger partial charge in [0.05, 0.1) is 40.8 Å². The molecule has 5 heterocycles. The molecule has 6 rings (SSSR count). The van der Waals surface area contributed by atoms with Crippen molar-refractivity contribution >= 4 is 23.2 Å². The maximum absolute atomic E-state index is 14.9. The predicted molar refractivity (Wildman–Crippen MR) is 121 cm³/mol. The average Bonchev–Trinajstić information content (AvgIpc) is 3.50. The minimum atomic E-state index is -1.21. The Balaban J connectivity index is 1.28. The fourth-order valence-corrected chi connectivity index (χ4v) is 5.55. The van der Waals surface area contributed by atoms with E-state index in [0.717, 1.165) is 29.8 Å². The number of fused-ring (bicyclic) bond motifs is 5. The smallest absolute Gasteiger partial charge is 0.258 e. The molecule has 1 aromatic carbocycles. The first-order chi connectivity index (χ1) is 16.3. The second kappa shape index (κ2) is 7.88. The van der Waals surface area contributed by atoms with Gasteiger partial charge in [-0.25, -0.2) is 18.3 Å². The van der Waals surface area contributed by atoms with E-state index in [-0.39, 0.29) is 35.8 Å². The van der Waals surface area contributed by atoms with E-state index in [1.807, 2.05) is 13.8 Å². The number of ether oxygens (including phenoxy) is 1. The molecule has 2 fully saturated rings. The SMILES string of the molecule is Cc1nc2c3c(nn2c(C)c1Cl)CN(C(=O)c1ccc(F)cc1O[C@@H]1C[C@@H]2CC[C@H](N2)C1F)C3. The number of carbonyl (C=O) groups excluding carboxylic acids is 1. The standard InChI is InChI=1S/C24H24ClF2N5O2/c1-11-21(25)12(2)32-23(28-11)16-9-31(10-18(16)30-32)24(33)15-5-3-13(26)7-19(15)34-20-8-14-4-6-17(29-14)22(20)27/h3,5,7,14,17,20,22,29H,4,6,8-10H2,1-2H3/t14-,17-,20+,22?/m0/s1. The zero-order chi connectivity index (χ0) is 23.7. The van der Waals surface area contributed by atoms with Crippen LogP contribution in [0.5, 0.6) is 5.75 Å². The number of aryl methyl sites for hydroxylation is 2. The zero-order valence-corrected chi connectivity index (χ0v) is 19.6. The van der Waals surface area contributed by atoms with Crippen molar-refractivity contribution in [1.29, 1.82) is 0 Å². The van der Waals surface area contributed by atoms with Gasteiger partial charge in [0.15, 0.2) is 11.8 Å². The molecule has 3 aliphatic heterocycles. The van der Waals surface area contributed by atoms with E-state index in [0.29, 0.717) is 29.3 Å². The van der Waals surface area contributed by atoms with Crippen molar-refractivity contribution in [1.82, 2.24) is 24.8 Å². The summed E-state index contributed by atoms with van der Waals surface area (Å²) < 4.78 is 36.7. The summed E-state index contributed by atoms with van der Waals surface area (Å²) in [6.45, 7) is 4.31. The van der Waals surface area contributed by atoms with E-state index in [2.05, 4.69) is 15.4 Å². The van der Waals surface area contributed by atoms with Crippen LogP contribution in [0, 0.1) is 19.7 Å². The van der Waals surface area contributed by atoms with E-state index < -0.39 is 18.1 Å². The van der Waals surface area contributed by atoms with Crippen LogP contribution in [0.3, 0.4) is 0 Å². The number of hydrogen-bond acceptors (Lipinski definition) is 5. The number of nitrogens with one attached hydrogen (secondary N) is 1. The quantitative estimate of drug-likeness (QED) is 0.606. The van der Waals surface area contributed by atoms with E-state index in [1.54, 1.807) is 9.42 Å². The van der Waals surface area contributed by atoms with Crippen molar-refractivity contribution < 1.29 is 18.3 Å². The molecule has 34 heavy (non-hydrogen) atoms. The van der Waals surface area contributed by atoms with Gasteiger partial charge in [-0.3, -0.25) is 4.79 Å². The van der Waals surface area contributed by atoms with Gasteiger partial charge >= 0.3 is 0 Å². The molecule has 0 saturated carbocycles. The van der Waals surface area contributed by atoms with Gasteiger partial charge < -0.3 is 15.0 Å². The summed E-state index contributed by atoms with van der Waals surface area (Å²) in [6.07, 6.45) is 0.214. The third-order valence-corrected chi connectivity index (χ3v) is 7.77. The molecule has 1 N–H and O–H groups in total. The third-order valence-electron chi connectivity index (χ3n) is 7.23. The van der Waals surface area contributed by atoms with Gasteiger partial charge in [0.1, 0.15) is 17.7 Å². The van der Waals surface area contributed by atoms with Crippen LogP contribution in [0.4, 0.5) is 8.78 Å². The van der Waals surface area contributed by atoms with Crippen molar-refractivity contribution in [2.75, 3.05) is 0 Å². The van der Waals surface area contributed by atoms with Crippen molar-refractivity contribution in [2.24, 2.45) is 0 Å². The number of carbonyl (C=O) groups is 1. The summed E-state index contributed by atoms with van der Waals surface area (Å²) in [5.41, 5.74) is 3.98. The summed E-state index contributed by atoms with van der Waals surface area (Å²) in [4.78, 5) is 19.7. The molecule has 4 atom stereocenters. The third kappa shape index (κ3) is 3.36. The molecule has 178 valence electrons. The highest BCUT2D eigenvalue weighted by Gasteiger charge is 2.43. The number of aromatic nitrogens is 3. The zero-order valence-electron chi connectivity index (χ0n) is 18.8. The molecule has 2 aromatic heterocycles. The lowest BCUT2D eigenvalue weighted by Gasteiger charge is -2.33. The van der Waals surface area contributed by atoms with Gasteiger partial charge in [0, 0.05) is 30.1 Å². The molecule has 3 aliphatic rings. The number of hydrogen-bond donors (Lipinski definition) is 1. The molecule has 1 unspecified atom stereocenters. The molecule has 2 saturated heterocycles. The van der Waals surface area contributed by atoms with Gasteiger partial charge in [-0.05, 0) is 38.8 Å². The van der Waals surface area contributed by atoms with Gasteiger partial charge in [0.2, 0.25) is 0 Å². The lowest BCUT2D eigenvalue weighted by molar-refractivity contribution is 0.0439. The number of halogens is 3. The molecule has 0 aliphatic carbocycles. The topological polar surface area (TPSA) is 71.8 Å². The van der Waals surface area contributed by atoms with Crippen LogP contribution in [0.25, 0.3) is 5.65 Å². The normalized spacial score (nSPS) is 25.7. The largest absolute Gasteiger partial charge is 0.486 e. The molecule has 7 nitrogen and oxygen atoms in total. The van der Waals surface area contributed by atoms with Crippen molar-refractivity contribution in [2.45, 2.75) is 70.6 Å². The van der Waals surface area contributed by atoms with E-state index in [4.69, 9.17) is 16.3 Å². The number of amides is 1. The van der Waals surface area contributed by atoms with Crippen molar-refractivity contribution in [3.05, 3.63) is 57.2 Å². The Kier molecular flexibility index (Phi) is 5.04. The van der Waals surface area contributed by atoms with Crippen LogP contribution >= 0.6 is 11.6 Å². The predicted octanol–water partition coefficient (Wildman–Crippen LogP) is 3.90. The summed E-state index contributed by atoms with van der Waals surface area (Å²) in [6, 6.07) is 3.74. The number of alkyl halides is 1. The van der Waals surface area contributed by atoms with Gasteiger partial charge in [-0.1, -0.05) is 11.6 Å². The highest BCUT2D eigenvalue weighted by Crippen LogP contribution is 2.35. The second-order valence-electron chi connectivity index (χ2n) is 9.44. The van der Waals surface area contributed by atoms with Crippen LogP contribution in [-0.2, 0) is 13.1 Å².